The molecule has 28 heavy (non-hydrogen) atoms. The summed E-state index contributed by atoms with van der Waals surface area (Å²) in [7, 11) is 1.33. The van der Waals surface area contributed by atoms with E-state index >= 15 is 0 Å². The normalized spacial score (nSPS) is 13.7. The molecule has 0 bridgehead atoms. The summed E-state index contributed by atoms with van der Waals surface area (Å²) >= 11 is 1.32. The number of benzene rings is 1. The molecule has 0 radical (unpaired) electrons. The van der Waals surface area contributed by atoms with E-state index in [-0.39, 0.29) is 22.7 Å². The van der Waals surface area contributed by atoms with E-state index in [0.717, 1.165) is 6.07 Å². The molecule has 0 unspecified atom stereocenters. The van der Waals surface area contributed by atoms with Crippen molar-refractivity contribution in [2.24, 2.45) is 0 Å². The molecule has 0 atom stereocenters. The van der Waals surface area contributed by atoms with Crippen molar-refractivity contribution < 1.29 is 24.0 Å². The minimum atomic E-state index is -0.752. The number of carbonyl (C=O) groups excluding carboxylic acids is 2. The lowest BCUT2D eigenvalue weighted by Gasteiger charge is -2.25. The van der Waals surface area contributed by atoms with E-state index in [1.54, 1.807) is 5.38 Å². The van der Waals surface area contributed by atoms with Gasteiger partial charge in [0.05, 0.1) is 30.8 Å². The largest absolute Gasteiger partial charge is 0.496 e. The summed E-state index contributed by atoms with van der Waals surface area (Å²) < 4.78 is 10.3. The van der Waals surface area contributed by atoms with Gasteiger partial charge in [0.2, 0.25) is 0 Å². The fourth-order valence-corrected chi connectivity index (χ4v) is 3.36. The predicted octanol–water partition coefficient (Wildman–Crippen LogP) is 0.971. The van der Waals surface area contributed by atoms with Gasteiger partial charge in [-0.05, 0) is 6.07 Å². The fourth-order valence-electron chi connectivity index (χ4n) is 2.50. The number of carbonyl (C=O) groups is 2. The molecule has 1 saturated heterocycles. The molecule has 3 rings (SSSR count). The molecule has 1 aromatic heterocycles. The van der Waals surface area contributed by atoms with Crippen LogP contribution < -0.4 is 20.5 Å². The molecule has 148 valence electrons. The standard InChI is InChI=1S/C16H17N5O6S/c1-26-13-3-2-10(21(24)25)8-11(13)14(22)18-19-15(23)12-9-28-16(17-12)20-4-6-27-7-5-20/h2-3,8-9H,4-7H2,1H3,(H,18,22)(H,19,23). The van der Waals surface area contributed by atoms with Gasteiger partial charge in [-0.25, -0.2) is 4.98 Å². The van der Waals surface area contributed by atoms with Gasteiger partial charge in [-0.2, -0.15) is 0 Å². The molecule has 2 aromatic rings. The number of hydrazine groups is 1. The number of hydrogen-bond acceptors (Lipinski definition) is 9. The number of nitrogens with one attached hydrogen (secondary N) is 2. The molecule has 0 saturated carbocycles. The first-order chi connectivity index (χ1) is 13.5. The molecule has 2 heterocycles. The number of hydrogen-bond donors (Lipinski definition) is 2. The monoisotopic (exact) mass is 407 g/mol. The van der Waals surface area contributed by atoms with Gasteiger partial charge in [-0.1, -0.05) is 0 Å². The number of thiazole rings is 1. The summed E-state index contributed by atoms with van der Waals surface area (Å²) in [5.41, 5.74) is 4.27. The number of nitro benzene ring substituents is 1. The number of nitrogens with zero attached hydrogens (tertiary/aromatic N) is 3. The summed E-state index contributed by atoms with van der Waals surface area (Å²) in [5.74, 6) is -1.22. The van der Waals surface area contributed by atoms with Crippen LogP contribution in [0.25, 0.3) is 0 Å². The average Bonchev–Trinajstić information content (AvgIpc) is 3.22. The Hall–Kier alpha value is -3.25. The van der Waals surface area contributed by atoms with Gasteiger partial charge in [0.25, 0.3) is 17.5 Å². The van der Waals surface area contributed by atoms with Crippen molar-refractivity contribution in [1.82, 2.24) is 15.8 Å². The smallest absolute Gasteiger partial charge is 0.289 e. The first-order valence-corrected chi connectivity index (χ1v) is 9.09. The molecular formula is C16H17N5O6S. The van der Waals surface area contributed by atoms with E-state index in [2.05, 4.69) is 15.8 Å². The molecule has 1 fully saturated rings. The molecule has 1 aliphatic rings. The number of anilines is 1. The number of ether oxygens (including phenoxy) is 2. The summed E-state index contributed by atoms with van der Waals surface area (Å²) in [5, 5.41) is 13.2. The Labute approximate surface area is 163 Å². The van der Waals surface area contributed by atoms with Gasteiger partial charge in [0.15, 0.2) is 5.13 Å². The van der Waals surface area contributed by atoms with E-state index in [9.17, 15) is 19.7 Å². The topological polar surface area (TPSA) is 136 Å². The highest BCUT2D eigenvalue weighted by Gasteiger charge is 2.20. The number of non-ortho nitro benzene ring substituents is 1. The van der Waals surface area contributed by atoms with E-state index in [0.29, 0.717) is 31.4 Å². The van der Waals surface area contributed by atoms with Gasteiger partial charge in [-0.15, -0.1) is 11.3 Å². The number of nitro groups is 1. The number of morpholine rings is 1. The third kappa shape index (κ3) is 4.35. The third-order valence-corrected chi connectivity index (χ3v) is 4.84. The van der Waals surface area contributed by atoms with Crippen molar-refractivity contribution >= 4 is 34.0 Å². The zero-order chi connectivity index (χ0) is 20.1. The van der Waals surface area contributed by atoms with Crippen LogP contribution in [0.4, 0.5) is 10.8 Å². The molecule has 0 aliphatic carbocycles. The second kappa shape index (κ2) is 8.63. The lowest BCUT2D eigenvalue weighted by atomic mass is 10.1. The number of methoxy groups -OCH3 is 1. The summed E-state index contributed by atoms with van der Waals surface area (Å²) in [4.78, 5) is 41.1. The van der Waals surface area contributed by atoms with Gasteiger partial charge in [-0.3, -0.25) is 30.6 Å². The molecule has 1 aromatic carbocycles. The maximum absolute atomic E-state index is 12.3. The first-order valence-electron chi connectivity index (χ1n) is 8.21. The van der Waals surface area contributed by atoms with E-state index in [1.807, 2.05) is 4.90 Å². The number of amides is 2. The highest BCUT2D eigenvalue weighted by Crippen LogP contribution is 2.24. The van der Waals surface area contributed by atoms with Crippen LogP contribution in [0.2, 0.25) is 0 Å². The second-order valence-corrected chi connectivity index (χ2v) is 6.50. The highest BCUT2D eigenvalue weighted by atomic mass is 32.1. The minimum absolute atomic E-state index is 0.0794. The number of rotatable bonds is 5. The Morgan fingerprint density at radius 1 is 1.29 bits per heavy atom. The van der Waals surface area contributed by atoms with Crippen molar-refractivity contribution in [3.8, 4) is 5.75 Å². The van der Waals surface area contributed by atoms with Crippen LogP contribution in [0, 0.1) is 10.1 Å². The average molecular weight is 407 g/mol. The minimum Gasteiger partial charge on any atom is -0.496 e. The van der Waals surface area contributed by atoms with E-state index < -0.39 is 16.7 Å². The molecular weight excluding hydrogens is 390 g/mol. The Morgan fingerprint density at radius 2 is 2.00 bits per heavy atom. The van der Waals surface area contributed by atoms with Gasteiger partial charge in [0.1, 0.15) is 11.4 Å². The maximum Gasteiger partial charge on any atom is 0.289 e. The fraction of sp³-hybridized carbons (Fsp3) is 0.312. The Morgan fingerprint density at radius 3 is 2.68 bits per heavy atom. The van der Waals surface area contributed by atoms with Gasteiger partial charge >= 0.3 is 0 Å². The van der Waals surface area contributed by atoms with Crippen LogP contribution in [0.15, 0.2) is 23.6 Å². The van der Waals surface area contributed by atoms with Crippen LogP contribution in [-0.4, -0.2) is 55.1 Å². The SMILES string of the molecule is COc1ccc([N+](=O)[O-])cc1C(=O)NNC(=O)c1csc(N2CCOCC2)n1. The Balaban J connectivity index is 1.64. The first kappa shape index (κ1) is 19.5. The number of aromatic nitrogens is 1. The molecule has 11 nitrogen and oxygen atoms in total. The maximum atomic E-state index is 12.3. The van der Waals surface area contributed by atoms with E-state index in [4.69, 9.17) is 9.47 Å². The third-order valence-electron chi connectivity index (χ3n) is 3.93. The van der Waals surface area contributed by atoms with Crippen molar-refractivity contribution in [3.05, 3.63) is 45.0 Å². The molecule has 12 heteroatoms. The van der Waals surface area contributed by atoms with Crippen molar-refractivity contribution in [1.29, 1.82) is 0 Å². The van der Waals surface area contributed by atoms with Crippen LogP contribution in [0.1, 0.15) is 20.8 Å². The summed E-state index contributed by atoms with van der Waals surface area (Å²) in [6, 6.07) is 3.60. The molecule has 1 aliphatic heterocycles. The van der Waals surface area contributed by atoms with Crippen molar-refractivity contribution in [3.63, 3.8) is 0 Å². The van der Waals surface area contributed by atoms with Crippen LogP contribution in [-0.2, 0) is 4.74 Å². The van der Waals surface area contributed by atoms with Gasteiger partial charge in [0, 0.05) is 30.6 Å². The summed E-state index contributed by atoms with van der Waals surface area (Å²) in [6.45, 7) is 2.58. The Bertz CT molecular complexity index is 895. The molecule has 2 amide bonds. The van der Waals surface area contributed by atoms with Crippen molar-refractivity contribution in [2.45, 2.75) is 0 Å². The zero-order valence-electron chi connectivity index (χ0n) is 14.8. The van der Waals surface area contributed by atoms with E-state index in [1.165, 1.54) is 30.6 Å². The van der Waals surface area contributed by atoms with Crippen LogP contribution in [0.5, 0.6) is 5.75 Å². The van der Waals surface area contributed by atoms with Crippen LogP contribution in [0.3, 0.4) is 0 Å². The molecule has 2 N–H and O–H groups in total. The van der Waals surface area contributed by atoms with Crippen molar-refractivity contribution in [2.75, 3.05) is 38.3 Å². The Kier molecular flexibility index (Phi) is 6.01. The zero-order valence-corrected chi connectivity index (χ0v) is 15.7. The van der Waals surface area contributed by atoms with Gasteiger partial charge < -0.3 is 14.4 Å². The lowest BCUT2D eigenvalue weighted by molar-refractivity contribution is -0.384. The quantitative estimate of drug-likeness (QED) is 0.553. The summed E-state index contributed by atoms with van der Waals surface area (Å²) in [6.07, 6.45) is 0. The predicted molar refractivity (Wildman–Crippen MR) is 99.7 cm³/mol. The van der Waals surface area contributed by atoms with Crippen LogP contribution >= 0.6 is 11.3 Å². The second-order valence-electron chi connectivity index (χ2n) is 5.66. The highest BCUT2D eigenvalue weighted by molar-refractivity contribution is 7.13. The lowest BCUT2D eigenvalue weighted by Crippen LogP contribution is -2.42. The molecule has 0 spiro atoms.